The standard InChI is InChI=1S/C26H34N4O5/c1-4-34-20-13-11-18(12-14-20)16-29-23(31)22-15-21(24(32)35-5-2)28-30(22)17-26(29,3)25(33)27-19-9-7-6-8-10-19/h11-15,19H,4-10,16-17H2,1-3H3,(H,27,33). The van der Waals surface area contributed by atoms with Gasteiger partial charge in [0, 0.05) is 18.7 Å². The number of hydrogen-bond donors (Lipinski definition) is 1. The van der Waals surface area contributed by atoms with Gasteiger partial charge in [0.25, 0.3) is 5.91 Å². The van der Waals surface area contributed by atoms with Crippen molar-refractivity contribution < 1.29 is 23.9 Å². The Kier molecular flexibility index (Phi) is 7.42. The van der Waals surface area contributed by atoms with Gasteiger partial charge in [-0.15, -0.1) is 0 Å². The van der Waals surface area contributed by atoms with Crippen molar-refractivity contribution in [1.82, 2.24) is 20.0 Å². The van der Waals surface area contributed by atoms with E-state index < -0.39 is 11.5 Å². The number of nitrogens with zero attached hydrogens (tertiary/aromatic N) is 3. The molecule has 1 aromatic heterocycles. The van der Waals surface area contributed by atoms with Gasteiger partial charge in [-0.1, -0.05) is 31.4 Å². The van der Waals surface area contributed by atoms with Crippen LogP contribution in [-0.2, 0) is 22.6 Å². The van der Waals surface area contributed by atoms with Crippen LogP contribution in [0.25, 0.3) is 0 Å². The van der Waals surface area contributed by atoms with E-state index in [4.69, 9.17) is 9.47 Å². The van der Waals surface area contributed by atoms with E-state index in [2.05, 4.69) is 10.4 Å². The Morgan fingerprint density at radius 2 is 1.83 bits per heavy atom. The Morgan fingerprint density at radius 3 is 2.49 bits per heavy atom. The smallest absolute Gasteiger partial charge is 0.358 e. The summed E-state index contributed by atoms with van der Waals surface area (Å²) in [5.74, 6) is -0.401. The monoisotopic (exact) mass is 482 g/mol. The fourth-order valence-electron chi connectivity index (χ4n) is 4.82. The first-order valence-corrected chi connectivity index (χ1v) is 12.5. The van der Waals surface area contributed by atoms with Gasteiger partial charge >= 0.3 is 5.97 Å². The van der Waals surface area contributed by atoms with E-state index in [0.29, 0.717) is 6.61 Å². The Hall–Kier alpha value is -3.36. The number of benzene rings is 1. The van der Waals surface area contributed by atoms with E-state index in [1.54, 1.807) is 18.7 Å². The molecule has 9 nitrogen and oxygen atoms in total. The summed E-state index contributed by atoms with van der Waals surface area (Å²) in [5.41, 5.74) is 0.0186. The zero-order valence-corrected chi connectivity index (χ0v) is 20.7. The van der Waals surface area contributed by atoms with Gasteiger partial charge in [-0.25, -0.2) is 4.79 Å². The summed E-state index contributed by atoms with van der Waals surface area (Å²) in [6.45, 7) is 6.56. The zero-order valence-electron chi connectivity index (χ0n) is 20.7. The molecule has 1 N–H and O–H groups in total. The number of rotatable bonds is 8. The second-order valence-electron chi connectivity index (χ2n) is 9.34. The van der Waals surface area contributed by atoms with Gasteiger partial charge in [0.15, 0.2) is 5.69 Å². The first-order chi connectivity index (χ1) is 16.9. The second-order valence-corrected chi connectivity index (χ2v) is 9.34. The van der Waals surface area contributed by atoms with Crippen molar-refractivity contribution in [3.63, 3.8) is 0 Å². The van der Waals surface area contributed by atoms with Gasteiger partial charge in [-0.3, -0.25) is 14.3 Å². The fourth-order valence-corrected chi connectivity index (χ4v) is 4.82. The molecule has 2 amide bonds. The van der Waals surface area contributed by atoms with Crippen LogP contribution in [0, 0.1) is 0 Å². The highest BCUT2D eigenvalue weighted by molar-refractivity contribution is 6.01. The van der Waals surface area contributed by atoms with Crippen molar-refractivity contribution in [3.05, 3.63) is 47.3 Å². The molecule has 0 saturated heterocycles. The zero-order chi connectivity index (χ0) is 25.0. The molecule has 1 aromatic carbocycles. The summed E-state index contributed by atoms with van der Waals surface area (Å²) in [5, 5.41) is 7.50. The lowest BCUT2D eigenvalue weighted by molar-refractivity contribution is -0.134. The van der Waals surface area contributed by atoms with Crippen LogP contribution in [0.4, 0.5) is 0 Å². The number of hydrogen-bond acceptors (Lipinski definition) is 6. The average molecular weight is 483 g/mol. The van der Waals surface area contributed by atoms with Crippen LogP contribution in [0.5, 0.6) is 5.75 Å². The molecule has 0 spiro atoms. The second kappa shape index (κ2) is 10.5. The molecule has 2 aromatic rings. The van der Waals surface area contributed by atoms with E-state index in [1.807, 2.05) is 31.2 Å². The van der Waals surface area contributed by atoms with Crippen LogP contribution >= 0.6 is 0 Å². The molecule has 9 heteroatoms. The Morgan fingerprint density at radius 1 is 1.11 bits per heavy atom. The lowest BCUT2D eigenvalue weighted by atomic mass is 9.91. The lowest BCUT2D eigenvalue weighted by Gasteiger charge is -2.44. The SMILES string of the molecule is CCOC(=O)c1cc2n(n1)CC(C)(C(=O)NC1CCCCC1)N(Cc1ccc(OCC)cc1)C2=O. The number of carbonyl (C=O) groups is 3. The van der Waals surface area contributed by atoms with Gasteiger partial charge in [0.1, 0.15) is 17.0 Å². The number of aromatic nitrogens is 2. The van der Waals surface area contributed by atoms with Crippen LogP contribution in [0.15, 0.2) is 30.3 Å². The first kappa shape index (κ1) is 24.8. The maximum atomic E-state index is 13.7. The van der Waals surface area contributed by atoms with Crippen molar-refractivity contribution in [2.75, 3.05) is 13.2 Å². The first-order valence-electron chi connectivity index (χ1n) is 12.5. The number of nitrogens with one attached hydrogen (secondary N) is 1. The Bertz CT molecular complexity index is 1070. The molecule has 0 radical (unpaired) electrons. The number of carbonyl (C=O) groups excluding carboxylic acids is 3. The maximum Gasteiger partial charge on any atom is 0.358 e. The van der Waals surface area contributed by atoms with E-state index in [-0.39, 0.29) is 48.9 Å². The molecule has 1 aliphatic carbocycles. The number of ether oxygens (including phenoxy) is 2. The summed E-state index contributed by atoms with van der Waals surface area (Å²) in [4.78, 5) is 41.2. The molecule has 1 aliphatic heterocycles. The van der Waals surface area contributed by atoms with Gasteiger partial charge < -0.3 is 19.7 Å². The van der Waals surface area contributed by atoms with Gasteiger partial charge in [0.2, 0.25) is 5.91 Å². The minimum absolute atomic E-state index is 0.0631. The molecular formula is C26H34N4O5. The predicted octanol–water partition coefficient (Wildman–Crippen LogP) is 3.32. The molecule has 1 unspecified atom stereocenters. The third-order valence-corrected chi connectivity index (χ3v) is 6.79. The molecule has 35 heavy (non-hydrogen) atoms. The Balaban J connectivity index is 1.65. The maximum absolute atomic E-state index is 13.7. The highest BCUT2D eigenvalue weighted by atomic mass is 16.5. The van der Waals surface area contributed by atoms with E-state index in [1.165, 1.54) is 17.2 Å². The highest BCUT2D eigenvalue weighted by Gasteiger charge is 2.48. The molecule has 4 rings (SSSR count). The van der Waals surface area contributed by atoms with E-state index >= 15 is 0 Å². The normalized spacial score (nSPS) is 20.3. The van der Waals surface area contributed by atoms with Crippen molar-refractivity contribution in [3.8, 4) is 5.75 Å². The molecule has 1 atom stereocenters. The van der Waals surface area contributed by atoms with Crippen molar-refractivity contribution in [2.24, 2.45) is 0 Å². The molecule has 1 saturated carbocycles. The van der Waals surface area contributed by atoms with Crippen LogP contribution in [0.2, 0.25) is 0 Å². The van der Waals surface area contributed by atoms with Crippen LogP contribution in [0.3, 0.4) is 0 Å². The van der Waals surface area contributed by atoms with Gasteiger partial charge in [-0.05, 0) is 51.3 Å². The lowest BCUT2D eigenvalue weighted by Crippen LogP contribution is -2.64. The Labute approximate surface area is 205 Å². The highest BCUT2D eigenvalue weighted by Crippen LogP contribution is 2.31. The van der Waals surface area contributed by atoms with Crippen LogP contribution in [-0.4, -0.2) is 57.3 Å². The molecule has 2 aliphatic rings. The van der Waals surface area contributed by atoms with Gasteiger partial charge in [0.05, 0.1) is 19.8 Å². The molecule has 2 heterocycles. The summed E-state index contributed by atoms with van der Waals surface area (Å²) in [6.07, 6.45) is 5.23. The minimum Gasteiger partial charge on any atom is -0.494 e. The fraction of sp³-hybridized carbons (Fsp3) is 0.538. The summed E-state index contributed by atoms with van der Waals surface area (Å²) >= 11 is 0. The molecule has 0 bridgehead atoms. The summed E-state index contributed by atoms with van der Waals surface area (Å²) in [6, 6.07) is 9.06. The number of fused-ring (bicyclic) bond motifs is 1. The molecule has 188 valence electrons. The molecular weight excluding hydrogens is 448 g/mol. The summed E-state index contributed by atoms with van der Waals surface area (Å²) in [7, 11) is 0. The minimum atomic E-state index is -1.18. The van der Waals surface area contributed by atoms with Crippen molar-refractivity contribution in [1.29, 1.82) is 0 Å². The number of amides is 2. The van der Waals surface area contributed by atoms with Gasteiger partial charge in [-0.2, -0.15) is 5.10 Å². The topological polar surface area (TPSA) is 103 Å². The third kappa shape index (κ3) is 5.18. The van der Waals surface area contributed by atoms with Crippen LogP contribution in [0.1, 0.15) is 79.4 Å². The van der Waals surface area contributed by atoms with Crippen molar-refractivity contribution >= 4 is 17.8 Å². The summed E-state index contributed by atoms with van der Waals surface area (Å²) < 4.78 is 12.1. The molecule has 1 fully saturated rings. The number of esters is 1. The quantitative estimate of drug-likeness (QED) is 0.579. The van der Waals surface area contributed by atoms with E-state index in [9.17, 15) is 14.4 Å². The third-order valence-electron chi connectivity index (χ3n) is 6.79. The largest absolute Gasteiger partial charge is 0.494 e. The van der Waals surface area contributed by atoms with E-state index in [0.717, 1.165) is 37.0 Å². The van der Waals surface area contributed by atoms with Crippen molar-refractivity contribution in [2.45, 2.75) is 77.5 Å². The van der Waals surface area contributed by atoms with Crippen LogP contribution < -0.4 is 10.1 Å². The average Bonchev–Trinajstić information content (AvgIpc) is 3.28. The predicted molar refractivity (Wildman–Crippen MR) is 129 cm³/mol.